The smallest absolute Gasteiger partial charge is 0.264 e. The summed E-state index contributed by atoms with van der Waals surface area (Å²) in [6, 6.07) is 5.59. The first kappa shape index (κ1) is 13.8. The van der Waals surface area contributed by atoms with E-state index in [-0.39, 0.29) is 11.6 Å². The molecule has 1 saturated heterocycles. The van der Waals surface area contributed by atoms with Crippen LogP contribution in [0.15, 0.2) is 35.4 Å². The molecule has 1 aliphatic rings. The van der Waals surface area contributed by atoms with Crippen LogP contribution in [0, 0.1) is 0 Å². The van der Waals surface area contributed by atoms with Crippen LogP contribution < -0.4 is 10.3 Å². The van der Waals surface area contributed by atoms with Crippen molar-refractivity contribution in [3.05, 3.63) is 52.2 Å². The van der Waals surface area contributed by atoms with Crippen molar-refractivity contribution in [1.29, 1.82) is 0 Å². The minimum atomic E-state index is -0.166. The fraction of sp³-hybridized carbons (Fsp3) is 0.400. The molecule has 6 heteroatoms. The van der Waals surface area contributed by atoms with Crippen molar-refractivity contribution in [2.75, 3.05) is 13.7 Å². The van der Waals surface area contributed by atoms with Gasteiger partial charge in [0, 0.05) is 18.8 Å². The lowest BCUT2D eigenvalue weighted by atomic mass is 10.1. The van der Waals surface area contributed by atoms with E-state index in [2.05, 4.69) is 20.1 Å². The maximum atomic E-state index is 11.1. The normalized spacial score (nSPS) is 18.8. The zero-order chi connectivity index (χ0) is 14.7. The van der Waals surface area contributed by atoms with Crippen LogP contribution in [0.5, 0.6) is 5.75 Å². The van der Waals surface area contributed by atoms with Gasteiger partial charge >= 0.3 is 0 Å². The number of nitrogens with zero attached hydrogens (tertiary/aromatic N) is 3. The molecule has 21 heavy (non-hydrogen) atoms. The summed E-state index contributed by atoms with van der Waals surface area (Å²) in [5, 5.41) is 6.68. The highest BCUT2D eigenvalue weighted by Gasteiger charge is 2.27. The molecule has 2 aromatic rings. The van der Waals surface area contributed by atoms with E-state index in [0.717, 1.165) is 42.9 Å². The van der Waals surface area contributed by atoms with Gasteiger partial charge in [-0.2, -0.15) is 5.10 Å². The molecule has 1 N–H and O–H groups in total. The molecule has 1 fully saturated rings. The number of hydrogen-bond acceptors (Lipinski definition) is 5. The number of ether oxygens (including phenoxy) is 1. The zero-order valence-electron chi connectivity index (χ0n) is 12.0. The third-order valence-corrected chi connectivity index (χ3v) is 3.80. The van der Waals surface area contributed by atoms with Gasteiger partial charge in [0.15, 0.2) is 0 Å². The Labute approximate surface area is 122 Å². The summed E-state index contributed by atoms with van der Waals surface area (Å²) in [5.74, 6) is 0.769. The second-order valence-electron chi connectivity index (χ2n) is 5.21. The van der Waals surface area contributed by atoms with Gasteiger partial charge in [-0.15, -0.1) is 0 Å². The van der Waals surface area contributed by atoms with Gasteiger partial charge in [0.2, 0.25) is 0 Å². The van der Waals surface area contributed by atoms with E-state index in [9.17, 15) is 4.79 Å². The molecular weight excluding hydrogens is 268 g/mol. The minimum Gasteiger partial charge on any atom is -0.495 e. The highest BCUT2D eigenvalue weighted by atomic mass is 16.5. The molecule has 0 bridgehead atoms. The molecule has 6 nitrogen and oxygen atoms in total. The molecule has 3 rings (SSSR count). The summed E-state index contributed by atoms with van der Waals surface area (Å²) < 4.78 is 5.21. The van der Waals surface area contributed by atoms with Crippen LogP contribution in [0.25, 0.3) is 0 Å². The third kappa shape index (κ3) is 3.11. The lowest BCUT2D eigenvalue weighted by molar-refractivity contribution is 0.242. The average molecular weight is 286 g/mol. The number of hydrogen-bond donors (Lipinski definition) is 1. The fourth-order valence-electron chi connectivity index (χ4n) is 2.79. The van der Waals surface area contributed by atoms with Crippen molar-refractivity contribution in [2.45, 2.75) is 25.4 Å². The molecule has 0 spiro atoms. The average Bonchev–Trinajstić information content (AvgIpc) is 2.96. The van der Waals surface area contributed by atoms with E-state index >= 15 is 0 Å². The molecule has 0 radical (unpaired) electrons. The number of methoxy groups -OCH3 is 1. The minimum absolute atomic E-state index is 0.166. The number of rotatable bonds is 4. The van der Waals surface area contributed by atoms with Gasteiger partial charge in [-0.25, -0.2) is 5.10 Å². The topological polar surface area (TPSA) is 71.1 Å². The van der Waals surface area contributed by atoms with Crippen LogP contribution in [0.3, 0.4) is 0 Å². The Bertz CT molecular complexity index is 650. The lowest BCUT2D eigenvalue weighted by Gasteiger charge is -2.23. The van der Waals surface area contributed by atoms with Crippen molar-refractivity contribution >= 4 is 0 Å². The summed E-state index contributed by atoms with van der Waals surface area (Å²) in [6.07, 6.45) is 5.74. The fourth-order valence-corrected chi connectivity index (χ4v) is 2.79. The molecular formula is C15H18N4O2. The second-order valence-corrected chi connectivity index (χ2v) is 5.21. The highest BCUT2D eigenvalue weighted by molar-refractivity contribution is 5.23. The molecule has 1 unspecified atom stereocenters. The Morgan fingerprint density at radius 3 is 3.10 bits per heavy atom. The van der Waals surface area contributed by atoms with Crippen LogP contribution in [-0.2, 0) is 6.54 Å². The predicted molar refractivity (Wildman–Crippen MR) is 78.0 cm³/mol. The largest absolute Gasteiger partial charge is 0.495 e. The first-order valence-electron chi connectivity index (χ1n) is 7.04. The number of nitrogens with one attached hydrogen (secondary N) is 1. The third-order valence-electron chi connectivity index (χ3n) is 3.80. The summed E-state index contributed by atoms with van der Waals surface area (Å²) >= 11 is 0. The van der Waals surface area contributed by atoms with Gasteiger partial charge in [0.1, 0.15) is 5.75 Å². The van der Waals surface area contributed by atoms with E-state index < -0.39 is 0 Å². The predicted octanol–water partition coefficient (Wildman–Crippen LogP) is 1.51. The Kier molecular flexibility index (Phi) is 3.96. The molecule has 0 saturated carbocycles. The summed E-state index contributed by atoms with van der Waals surface area (Å²) in [4.78, 5) is 17.7. The number of pyridine rings is 1. The van der Waals surface area contributed by atoms with Crippen LogP contribution in [0.2, 0.25) is 0 Å². The maximum absolute atomic E-state index is 11.1. The van der Waals surface area contributed by atoms with Gasteiger partial charge in [-0.05, 0) is 37.1 Å². The van der Waals surface area contributed by atoms with Gasteiger partial charge in [-0.3, -0.25) is 14.7 Å². The van der Waals surface area contributed by atoms with Crippen molar-refractivity contribution in [3.8, 4) is 5.75 Å². The Morgan fingerprint density at radius 1 is 1.43 bits per heavy atom. The van der Waals surface area contributed by atoms with E-state index in [0.29, 0.717) is 0 Å². The Hall–Kier alpha value is -2.21. The highest BCUT2D eigenvalue weighted by Crippen LogP contribution is 2.31. The molecule has 1 atom stereocenters. The van der Waals surface area contributed by atoms with Gasteiger partial charge in [-0.1, -0.05) is 0 Å². The lowest BCUT2D eigenvalue weighted by Crippen LogP contribution is -2.24. The summed E-state index contributed by atoms with van der Waals surface area (Å²) in [6.45, 7) is 1.82. The number of likely N-dealkylation sites (tertiary alicyclic amines) is 1. The van der Waals surface area contributed by atoms with Gasteiger partial charge in [0.25, 0.3) is 5.56 Å². The monoisotopic (exact) mass is 286 g/mol. The molecule has 0 aromatic carbocycles. The van der Waals surface area contributed by atoms with Gasteiger partial charge < -0.3 is 4.74 Å². The first-order valence-corrected chi connectivity index (χ1v) is 7.04. The quantitative estimate of drug-likeness (QED) is 0.922. The van der Waals surface area contributed by atoms with Crippen LogP contribution in [-0.4, -0.2) is 33.7 Å². The van der Waals surface area contributed by atoms with Crippen LogP contribution in [0.1, 0.15) is 30.1 Å². The number of H-pyrrole nitrogens is 1. The van der Waals surface area contributed by atoms with Crippen molar-refractivity contribution < 1.29 is 4.74 Å². The molecule has 3 heterocycles. The van der Waals surface area contributed by atoms with Gasteiger partial charge in [0.05, 0.1) is 25.0 Å². The van der Waals surface area contributed by atoms with Crippen molar-refractivity contribution in [1.82, 2.24) is 20.1 Å². The van der Waals surface area contributed by atoms with Crippen LogP contribution in [0.4, 0.5) is 0 Å². The molecule has 0 amide bonds. The number of aromatic nitrogens is 3. The molecule has 0 aliphatic carbocycles. The first-order chi connectivity index (χ1) is 10.3. The molecule has 2 aromatic heterocycles. The van der Waals surface area contributed by atoms with E-state index in [1.807, 2.05) is 18.3 Å². The van der Waals surface area contributed by atoms with Crippen LogP contribution >= 0.6 is 0 Å². The van der Waals surface area contributed by atoms with Crippen molar-refractivity contribution in [3.63, 3.8) is 0 Å². The van der Waals surface area contributed by atoms with E-state index in [1.165, 1.54) is 6.07 Å². The SMILES string of the molecule is COc1cncc(CN2CCCC2c2ccc(=O)[nH]n2)c1. The molecule has 1 aliphatic heterocycles. The Balaban J connectivity index is 1.77. The van der Waals surface area contributed by atoms with Crippen molar-refractivity contribution in [2.24, 2.45) is 0 Å². The standard InChI is InChI=1S/C15H18N4O2/c1-21-12-7-11(8-16-9-12)10-19-6-2-3-14(19)13-4-5-15(20)18-17-13/h4-5,7-9,14H,2-3,6,10H2,1H3,(H,18,20). The van der Waals surface area contributed by atoms with E-state index in [1.54, 1.807) is 13.3 Å². The Morgan fingerprint density at radius 2 is 2.33 bits per heavy atom. The maximum Gasteiger partial charge on any atom is 0.264 e. The molecule has 110 valence electrons. The zero-order valence-corrected chi connectivity index (χ0v) is 12.0. The number of aromatic amines is 1. The summed E-state index contributed by atoms with van der Waals surface area (Å²) in [7, 11) is 1.64. The summed E-state index contributed by atoms with van der Waals surface area (Å²) in [5.41, 5.74) is 1.87. The van der Waals surface area contributed by atoms with E-state index in [4.69, 9.17) is 4.74 Å². The second kappa shape index (κ2) is 6.05.